The summed E-state index contributed by atoms with van der Waals surface area (Å²) in [6.07, 6.45) is 16.8. The summed E-state index contributed by atoms with van der Waals surface area (Å²) in [7, 11) is 0. The van der Waals surface area contributed by atoms with Gasteiger partial charge >= 0.3 is 11.9 Å². The molecule has 0 radical (unpaired) electrons. The van der Waals surface area contributed by atoms with Crippen molar-refractivity contribution >= 4 is 17.7 Å². The minimum Gasteiger partial charge on any atom is -0.478 e. The van der Waals surface area contributed by atoms with Gasteiger partial charge in [-0.3, -0.25) is 4.79 Å². The Morgan fingerprint density at radius 1 is 1.05 bits per heavy atom. The Morgan fingerprint density at radius 2 is 1.68 bits per heavy atom. The van der Waals surface area contributed by atoms with Crippen molar-refractivity contribution in [2.75, 3.05) is 0 Å². The summed E-state index contributed by atoms with van der Waals surface area (Å²) in [5.74, 6) is -2.02. The molecule has 1 heterocycles. The zero-order valence-corrected chi connectivity index (χ0v) is 24.2. The fraction of sp³-hybridized carbons (Fsp3) is 0.531. The molecule has 0 aromatic rings. The van der Waals surface area contributed by atoms with Crippen LogP contribution in [0.25, 0.3) is 0 Å². The molecule has 210 valence electrons. The van der Waals surface area contributed by atoms with Crippen LogP contribution in [0.5, 0.6) is 0 Å². The average Bonchev–Trinajstić information content (AvgIpc) is 2.82. The molecule has 1 aliphatic heterocycles. The fourth-order valence-electron chi connectivity index (χ4n) is 4.63. The monoisotopic (exact) mass is 526 g/mol. The van der Waals surface area contributed by atoms with Gasteiger partial charge in [-0.2, -0.15) is 0 Å². The van der Waals surface area contributed by atoms with Gasteiger partial charge in [0, 0.05) is 29.9 Å². The molecule has 0 spiro atoms. The number of ketones is 1. The van der Waals surface area contributed by atoms with Gasteiger partial charge in [-0.25, -0.2) is 9.59 Å². The molecular formula is C32H46O6. The summed E-state index contributed by atoms with van der Waals surface area (Å²) >= 11 is 0. The second-order valence-electron chi connectivity index (χ2n) is 10.9. The molecule has 0 aromatic heterocycles. The van der Waals surface area contributed by atoms with Crippen molar-refractivity contribution in [2.45, 2.75) is 80.4 Å². The molecule has 0 aliphatic carbocycles. The summed E-state index contributed by atoms with van der Waals surface area (Å²) in [6, 6.07) is 0. The molecule has 0 saturated carbocycles. The number of aliphatic carboxylic acids is 1. The predicted octanol–water partition coefficient (Wildman–Crippen LogP) is 6.39. The van der Waals surface area contributed by atoms with Crippen molar-refractivity contribution in [3.8, 4) is 0 Å². The number of carboxylic acid groups (broad SMARTS) is 1. The van der Waals surface area contributed by atoms with Gasteiger partial charge in [0.1, 0.15) is 11.9 Å². The number of carbonyl (C=O) groups excluding carboxylic acids is 2. The van der Waals surface area contributed by atoms with Crippen molar-refractivity contribution < 1.29 is 29.3 Å². The zero-order chi connectivity index (χ0) is 29.0. The van der Waals surface area contributed by atoms with Gasteiger partial charge in [-0.05, 0) is 51.5 Å². The van der Waals surface area contributed by atoms with Gasteiger partial charge in [0.05, 0.1) is 6.10 Å². The molecule has 0 amide bonds. The number of aliphatic hydroxyl groups is 1. The molecule has 2 N–H and O–H groups in total. The maximum atomic E-state index is 12.9. The maximum absolute atomic E-state index is 12.9. The first-order valence-electron chi connectivity index (χ1n) is 13.4. The van der Waals surface area contributed by atoms with Gasteiger partial charge < -0.3 is 14.9 Å². The number of rotatable bonds is 14. The standard InChI is InChI=1S/C32H46O6/c1-20(16-22(3)12-14-28-24(5)13-15-30(35)38-28)10-9-11-21(2)17-25(6)31(36)27(8)32(37)26(7)18-23(4)19-29(33)34/h9,11-17,19-20,24-28,32,37H,10,18H2,1-8H3,(H,33,34)/t20?,24-,25?,26+,27?,28-,32?/m0/s1. The highest BCUT2D eigenvalue weighted by atomic mass is 16.5. The summed E-state index contributed by atoms with van der Waals surface area (Å²) < 4.78 is 5.34. The highest BCUT2D eigenvalue weighted by molar-refractivity contribution is 5.85. The minimum atomic E-state index is -1.01. The molecule has 0 saturated heterocycles. The normalized spacial score (nSPS) is 23.3. The van der Waals surface area contributed by atoms with Gasteiger partial charge in [0.25, 0.3) is 0 Å². The summed E-state index contributed by atoms with van der Waals surface area (Å²) in [4.78, 5) is 35.2. The third-order valence-electron chi connectivity index (χ3n) is 6.81. The maximum Gasteiger partial charge on any atom is 0.331 e. The molecule has 6 nitrogen and oxygen atoms in total. The highest BCUT2D eigenvalue weighted by Gasteiger charge is 2.29. The lowest BCUT2D eigenvalue weighted by Crippen LogP contribution is -2.34. The van der Waals surface area contributed by atoms with Crippen LogP contribution in [0.1, 0.15) is 68.2 Å². The van der Waals surface area contributed by atoms with Crippen LogP contribution in [0.4, 0.5) is 0 Å². The Labute approximate surface area is 228 Å². The predicted molar refractivity (Wildman–Crippen MR) is 152 cm³/mol. The van der Waals surface area contributed by atoms with Crippen molar-refractivity contribution in [2.24, 2.45) is 29.6 Å². The third-order valence-corrected chi connectivity index (χ3v) is 6.81. The van der Waals surface area contributed by atoms with Gasteiger partial charge in [-0.15, -0.1) is 0 Å². The van der Waals surface area contributed by atoms with Crippen molar-refractivity contribution in [3.05, 3.63) is 71.4 Å². The molecule has 7 atom stereocenters. The first kappa shape index (κ1) is 33.0. The molecule has 38 heavy (non-hydrogen) atoms. The molecule has 4 unspecified atom stereocenters. The molecule has 6 heteroatoms. The number of hydrogen-bond acceptors (Lipinski definition) is 5. The lowest BCUT2D eigenvalue weighted by Gasteiger charge is -2.25. The first-order chi connectivity index (χ1) is 17.7. The molecule has 0 bridgehead atoms. The molecule has 1 rings (SSSR count). The number of cyclic esters (lactones) is 1. The Balaban J connectivity index is 2.63. The lowest BCUT2D eigenvalue weighted by atomic mass is 9.83. The number of ether oxygens (including phenoxy) is 1. The summed E-state index contributed by atoms with van der Waals surface area (Å²) in [6.45, 7) is 15.3. The van der Waals surface area contributed by atoms with Crippen LogP contribution in [-0.4, -0.2) is 40.1 Å². The van der Waals surface area contributed by atoms with E-state index in [0.717, 1.165) is 23.6 Å². The number of carbonyl (C=O) groups is 3. The van der Waals surface area contributed by atoms with Crippen LogP contribution in [0.2, 0.25) is 0 Å². The van der Waals surface area contributed by atoms with E-state index in [9.17, 15) is 19.5 Å². The van der Waals surface area contributed by atoms with E-state index in [1.165, 1.54) is 6.08 Å². The van der Waals surface area contributed by atoms with E-state index < -0.39 is 18.0 Å². The molecule has 0 fully saturated rings. The Bertz CT molecular complexity index is 1010. The molecular weight excluding hydrogens is 480 g/mol. The van der Waals surface area contributed by atoms with Crippen molar-refractivity contribution in [1.82, 2.24) is 0 Å². The smallest absolute Gasteiger partial charge is 0.331 e. The number of allylic oxidation sites excluding steroid dienone is 8. The van der Waals surface area contributed by atoms with E-state index in [-0.39, 0.29) is 35.6 Å². The topological polar surface area (TPSA) is 101 Å². The zero-order valence-electron chi connectivity index (χ0n) is 24.2. The second-order valence-corrected chi connectivity index (χ2v) is 10.9. The summed E-state index contributed by atoms with van der Waals surface area (Å²) in [5.41, 5.74) is 2.75. The van der Waals surface area contributed by atoms with E-state index in [1.807, 2.05) is 65.0 Å². The van der Waals surface area contributed by atoms with E-state index in [2.05, 4.69) is 19.1 Å². The number of hydrogen-bond donors (Lipinski definition) is 2. The van der Waals surface area contributed by atoms with Crippen molar-refractivity contribution in [1.29, 1.82) is 0 Å². The largest absolute Gasteiger partial charge is 0.478 e. The van der Waals surface area contributed by atoms with E-state index in [0.29, 0.717) is 17.9 Å². The average molecular weight is 527 g/mol. The highest BCUT2D eigenvalue weighted by Crippen LogP contribution is 2.24. The third kappa shape index (κ3) is 12.0. The van der Waals surface area contributed by atoms with Crippen LogP contribution in [0.3, 0.4) is 0 Å². The molecule has 0 aromatic carbocycles. The fourth-order valence-corrected chi connectivity index (χ4v) is 4.63. The SMILES string of the molecule is CC(C=C[C@@H]1OC(=O)C=C[C@@H]1C)=CC(C)CC=CC(C)=CC(C)C(=O)C(C)C(O)[C@H](C)CC(C)=CC(=O)O. The number of carboxylic acids is 1. The Kier molecular flexibility index (Phi) is 14.0. The Hall–Kier alpha value is -2.99. The molecule has 1 aliphatic rings. The quantitative estimate of drug-likeness (QED) is 0.154. The van der Waals surface area contributed by atoms with E-state index >= 15 is 0 Å². The Morgan fingerprint density at radius 3 is 2.32 bits per heavy atom. The number of Topliss-reactive ketones (excluding diaryl/α,β-unsaturated/α-hetero) is 1. The van der Waals surface area contributed by atoms with Crippen molar-refractivity contribution in [3.63, 3.8) is 0 Å². The van der Waals surface area contributed by atoms with Crippen LogP contribution < -0.4 is 0 Å². The number of aliphatic hydroxyl groups excluding tert-OH is 1. The van der Waals surface area contributed by atoms with Gasteiger partial charge in [0.15, 0.2) is 0 Å². The van der Waals surface area contributed by atoms with Crippen LogP contribution >= 0.6 is 0 Å². The van der Waals surface area contributed by atoms with E-state index in [1.54, 1.807) is 13.8 Å². The second kappa shape index (κ2) is 16.1. The first-order valence-corrected chi connectivity index (χ1v) is 13.4. The minimum absolute atomic E-state index is 0.0378. The van der Waals surface area contributed by atoms with Gasteiger partial charge in [0.2, 0.25) is 0 Å². The van der Waals surface area contributed by atoms with E-state index in [4.69, 9.17) is 9.84 Å². The van der Waals surface area contributed by atoms with Crippen LogP contribution in [0, 0.1) is 29.6 Å². The van der Waals surface area contributed by atoms with Crippen LogP contribution in [0.15, 0.2) is 71.4 Å². The van der Waals surface area contributed by atoms with Gasteiger partial charge in [-0.1, -0.05) is 87.8 Å². The lowest BCUT2D eigenvalue weighted by molar-refractivity contribution is -0.143. The number of esters is 1. The van der Waals surface area contributed by atoms with Crippen LogP contribution in [-0.2, 0) is 19.1 Å². The summed E-state index contributed by atoms with van der Waals surface area (Å²) in [5, 5.41) is 19.5.